The lowest BCUT2D eigenvalue weighted by molar-refractivity contribution is -0.136. The number of aromatic nitrogens is 1. The molecule has 29 heavy (non-hydrogen) atoms. The van der Waals surface area contributed by atoms with E-state index in [1.807, 2.05) is 19.1 Å². The molecule has 10 heteroatoms. The third-order valence-corrected chi connectivity index (χ3v) is 5.72. The second-order valence-electron chi connectivity index (χ2n) is 6.98. The third kappa shape index (κ3) is 3.97. The van der Waals surface area contributed by atoms with E-state index in [9.17, 15) is 19.2 Å². The Kier molecular flexibility index (Phi) is 5.01. The van der Waals surface area contributed by atoms with Crippen LogP contribution in [0.1, 0.15) is 39.2 Å². The maximum atomic E-state index is 12.8. The van der Waals surface area contributed by atoms with Gasteiger partial charge in [-0.25, -0.2) is 9.78 Å². The maximum Gasteiger partial charge on any atom is 0.321 e. The minimum atomic E-state index is -0.637. The topological polar surface area (TPSA) is 120 Å². The molecule has 5 amide bonds. The summed E-state index contributed by atoms with van der Waals surface area (Å²) in [6, 6.07) is 4.39. The average molecular weight is 413 g/mol. The molecule has 0 spiro atoms. The van der Waals surface area contributed by atoms with Crippen LogP contribution in [-0.2, 0) is 22.7 Å². The Morgan fingerprint density at radius 3 is 2.90 bits per heavy atom. The van der Waals surface area contributed by atoms with Crippen molar-refractivity contribution in [1.82, 2.24) is 20.5 Å². The number of nitrogens with one attached hydrogen (secondary N) is 3. The number of nitrogens with zero attached hydrogens (tertiary/aromatic N) is 2. The fourth-order valence-electron chi connectivity index (χ4n) is 3.45. The van der Waals surface area contributed by atoms with Crippen LogP contribution in [0.15, 0.2) is 24.4 Å². The lowest BCUT2D eigenvalue weighted by atomic mass is 10.0. The third-order valence-electron chi connectivity index (χ3n) is 4.89. The van der Waals surface area contributed by atoms with Crippen LogP contribution in [0, 0.1) is 6.92 Å². The van der Waals surface area contributed by atoms with Gasteiger partial charge in [0.2, 0.25) is 11.8 Å². The number of imide groups is 1. The van der Waals surface area contributed by atoms with E-state index in [0.29, 0.717) is 23.7 Å². The average Bonchev–Trinajstić information content (AvgIpc) is 3.23. The number of benzene rings is 1. The molecule has 150 valence electrons. The zero-order valence-electron chi connectivity index (χ0n) is 15.7. The Morgan fingerprint density at radius 2 is 2.17 bits per heavy atom. The van der Waals surface area contributed by atoms with Crippen molar-refractivity contribution in [2.24, 2.45) is 0 Å². The molecule has 2 aliphatic rings. The number of amides is 5. The molecule has 1 saturated heterocycles. The largest absolute Gasteiger partial charge is 0.334 e. The second-order valence-corrected chi connectivity index (χ2v) is 8.21. The summed E-state index contributed by atoms with van der Waals surface area (Å²) in [5.74, 6) is -0.979. The minimum Gasteiger partial charge on any atom is -0.334 e. The van der Waals surface area contributed by atoms with Crippen LogP contribution < -0.4 is 16.0 Å². The fraction of sp³-hybridized carbons (Fsp3) is 0.316. The number of hydrogen-bond acceptors (Lipinski definition) is 6. The van der Waals surface area contributed by atoms with Gasteiger partial charge in [0.1, 0.15) is 6.04 Å². The standard InChI is InChI=1S/C19H19N5O4S/c1-10-7-21-19(29-10)23-18(28)20-8-11-2-3-12-9-24(17(27)13(12)6-11)14-4-5-15(25)22-16(14)26/h2-3,6-7,14H,4-5,8-9H2,1H3,(H,22,25,26)(H2,20,21,23,28). The molecule has 1 aromatic carbocycles. The molecule has 0 radical (unpaired) electrons. The molecule has 0 bridgehead atoms. The van der Waals surface area contributed by atoms with Gasteiger partial charge >= 0.3 is 6.03 Å². The van der Waals surface area contributed by atoms with Crippen LogP contribution >= 0.6 is 11.3 Å². The van der Waals surface area contributed by atoms with Gasteiger partial charge < -0.3 is 10.2 Å². The van der Waals surface area contributed by atoms with Crippen molar-refractivity contribution in [3.63, 3.8) is 0 Å². The van der Waals surface area contributed by atoms with E-state index in [0.717, 1.165) is 16.0 Å². The summed E-state index contributed by atoms with van der Waals surface area (Å²) in [6.07, 6.45) is 2.23. The zero-order valence-corrected chi connectivity index (χ0v) is 16.5. The Morgan fingerprint density at radius 1 is 1.34 bits per heavy atom. The van der Waals surface area contributed by atoms with Gasteiger partial charge in [0.15, 0.2) is 5.13 Å². The van der Waals surface area contributed by atoms with Crippen molar-refractivity contribution in [1.29, 1.82) is 0 Å². The summed E-state index contributed by atoms with van der Waals surface area (Å²) in [5, 5.41) is 8.21. The predicted octanol–water partition coefficient (Wildman–Crippen LogP) is 1.53. The smallest absolute Gasteiger partial charge is 0.321 e. The molecule has 3 heterocycles. The Balaban J connectivity index is 1.39. The number of anilines is 1. The van der Waals surface area contributed by atoms with E-state index in [-0.39, 0.29) is 30.8 Å². The maximum absolute atomic E-state index is 12.8. The van der Waals surface area contributed by atoms with Crippen LogP contribution in [0.2, 0.25) is 0 Å². The van der Waals surface area contributed by atoms with Gasteiger partial charge in [-0.3, -0.25) is 25.0 Å². The first-order chi connectivity index (χ1) is 13.9. The molecule has 1 fully saturated rings. The molecule has 0 saturated carbocycles. The number of urea groups is 1. The van der Waals surface area contributed by atoms with E-state index in [1.54, 1.807) is 12.3 Å². The molecule has 2 aromatic rings. The highest BCUT2D eigenvalue weighted by Gasteiger charge is 2.39. The fourth-order valence-corrected chi connectivity index (χ4v) is 4.11. The number of hydrogen-bond donors (Lipinski definition) is 3. The summed E-state index contributed by atoms with van der Waals surface area (Å²) in [5.41, 5.74) is 2.11. The van der Waals surface area contributed by atoms with Crippen molar-refractivity contribution in [2.45, 2.75) is 38.9 Å². The van der Waals surface area contributed by atoms with Gasteiger partial charge in [-0.15, -0.1) is 11.3 Å². The molecular formula is C19H19N5O4S. The zero-order chi connectivity index (χ0) is 20.5. The molecule has 2 aliphatic heterocycles. The predicted molar refractivity (Wildman–Crippen MR) is 105 cm³/mol. The molecule has 0 aliphatic carbocycles. The lowest BCUT2D eigenvalue weighted by Gasteiger charge is -2.29. The number of piperidine rings is 1. The second kappa shape index (κ2) is 7.63. The monoisotopic (exact) mass is 413 g/mol. The first-order valence-corrected chi connectivity index (χ1v) is 9.96. The van der Waals surface area contributed by atoms with Crippen LogP contribution in [0.3, 0.4) is 0 Å². The van der Waals surface area contributed by atoms with Crippen molar-refractivity contribution in [3.05, 3.63) is 46.0 Å². The Labute approximate surface area is 170 Å². The molecule has 4 rings (SSSR count). The van der Waals surface area contributed by atoms with Gasteiger partial charge in [0.25, 0.3) is 5.91 Å². The van der Waals surface area contributed by atoms with Gasteiger partial charge in [-0.1, -0.05) is 12.1 Å². The van der Waals surface area contributed by atoms with Gasteiger partial charge in [-0.2, -0.15) is 0 Å². The highest BCUT2D eigenvalue weighted by molar-refractivity contribution is 7.15. The first kappa shape index (κ1) is 19.1. The van der Waals surface area contributed by atoms with Crippen molar-refractivity contribution in [2.75, 3.05) is 5.32 Å². The van der Waals surface area contributed by atoms with Crippen LogP contribution in [0.4, 0.5) is 9.93 Å². The lowest BCUT2D eigenvalue weighted by Crippen LogP contribution is -2.52. The summed E-state index contributed by atoms with van der Waals surface area (Å²) < 4.78 is 0. The van der Waals surface area contributed by atoms with E-state index < -0.39 is 11.9 Å². The highest BCUT2D eigenvalue weighted by Crippen LogP contribution is 2.28. The normalized spacial score (nSPS) is 18.4. The van der Waals surface area contributed by atoms with Crippen LogP contribution in [0.5, 0.6) is 0 Å². The van der Waals surface area contributed by atoms with Crippen LogP contribution in [-0.4, -0.2) is 39.7 Å². The summed E-state index contributed by atoms with van der Waals surface area (Å²) in [7, 11) is 0. The van der Waals surface area contributed by atoms with Crippen molar-refractivity contribution >= 4 is 40.2 Å². The number of rotatable bonds is 4. The highest BCUT2D eigenvalue weighted by atomic mass is 32.1. The molecule has 1 unspecified atom stereocenters. The molecule has 1 atom stereocenters. The summed E-state index contributed by atoms with van der Waals surface area (Å²) in [6.45, 7) is 2.48. The van der Waals surface area contributed by atoms with Gasteiger partial charge in [0.05, 0.1) is 0 Å². The number of carbonyl (C=O) groups is 4. The van der Waals surface area contributed by atoms with E-state index in [4.69, 9.17) is 0 Å². The van der Waals surface area contributed by atoms with Crippen molar-refractivity contribution in [3.8, 4) is 0 Å². The SMILES string of the molecule is Cc1cnc(NC(=O)NCc2ccc3c(c2)C(=O)N(C2CCC(=O)NC2=O)C3)s1. The Bertz CT molecular complexity index is 1020. The summed E-state index contributed by atoms with van der Waals surface area (Å²) in [4.78, 5) is 54.8. The number of aryl methyl sites for hydroxylation is 1. The summed E-state index contributed by atoms with van der Waals surface area (Å²) >= 11 is 1.38. The minimum absolute atomic E-state index is 0.222. The number of fused-ring (bicyclic) bond motifs is 1. The molecule has 9 nitrogen and oxygen atoms in total. The quantitative estimate of drug-likeness (QED) is 0.657. The first-order valence-electron chi connectivity index (χ1n) is 9.14. The molecule has 3 N–H and O–H groups in total. The van der Waals surface area contributed by atoms with E-state index in [2.05, 4.69) is 20.9 Å². The van der Waals surface area contributed by atoms with E-state index in [1.165, 1.54) is 16.2 Å². The van der Waals surface area contributed by atoms with Gasteiger partial charge in [-0.05, 0) is 30.5 Å². The van der Waals surface area contributed by atoms with Gasteiger partial charge in [0, 0.05) is 36.1 Å². The molecule has 1 aromatic heterocycles. The van der Waals surface area contributed by atoms with Crippen molar-refractivity contribution < 1.29 is 19.2 Å². The molecular weight excluding hydrogens is 394 g/mol. The van der Waals surface area contributed by atoms with Crippen LogP contribution in [0.25, 0.3) is 0 Å². The number of thiazole rings is 1. The Hall–Kier alpha value is -3.27. The van der Waals surface area contributed by atoms with E-state index >= 15 is 0 Å². The number of carbonyl (C=O) groups excluding carboxylic acids is 4.